The summed E-state index contributed by atoms with van der Waals surface area (Å²) < 4.78 is 1.96. The van der Waals surface area contributed by atoms with Crippen molar-refractivity contribution in [1.29, 1.82) is 0 Å². The molecule has 0 spiro atoms. The number of hydrogen-bond acceptors (Lipinski definition) is 3. The number of hydrogen-bond donors (Lipinski definition) is 0. The third-order valence-corrected chi connectivity index (χ3v) is 7.27. The summed E-state index contributed by atoms with van der Waals surface area (Å²) in [5.41, 5.74) is 0. The van der Waals surface area contributed by atoms with Crippen LogP contribution in [0.2, 0.25) is 0 Å². The Labute approximate surface area is 141 Å². The Bertz CT molecular complexity index is 283. The fourth-order valence-electron chi connectivity index (χ4n) is 1.27. The van der Waals surface area contributed by atoms with Gasteiger partial charge in [0.2, 0.25) is 5.91 Å². The first-order valence-corrected chi connectivity index (χ1v) is 10.1. The second-order valence-corrected chi connectivity index (χ2v) is 10.6. The number of amides is 1. The number of nitrogens with zero attached hydrogens (tertiary/aromatic N) is 1. The Balaban J connectivity index is 4.28. The summed E-state index contributed by atoms with van der Waals surface area (Å²) in [6.45, 7) is 15.9. The molecule has 1 amide bonds. The van der Waals surface area contributed by atoms with Crippen LogP contribution in [0.4, 0.5) is 0 Å². The van der Waals surface area contributed by atoms with Gasteiger partial charge in [0.15, 0.2) is 0 Å². The molecule has 114 valence electrons. The molecular weight excluding hydrogens is 389 g/mol. The third kappa shape index (κ3) is 8.71. The van der Waals surface area contributed by atoms with Gasteiger partial charge < -0.3 is 0 Å². The van der Waals surface area contributed by atoms with Crippen molar-refractivity contribution in [2.24, 2.45) is 17.8 Å². The minimum atomic E-state index is 0.0904. The summed E-state index contributed by atoms with van der Waals surface area (Å²) in [7, 11) is 3.80. The predicted octanol–water partition coefficient (Wildman–Crippen LogP) is 5.27. The fraction of sp³-hybridized carbons (Fsp3) is 0.929. The van der Waals surface area contributed by atoms with E-state index in [4.69, 9.17) is 0 Å². The average molecular weight is 417 g/mol. The smallest absolute Gasteiger partial charge is 0.234 e. The highest BCUT2D eigenvalue weighted by molar-refractivity contribution is 14.1. The van der Waals surface area contributed by atoms with Crippen molar-refractivity contribution in [1.82, 2.24) is 3.11 Å². The molecule has 0 aliphatic carbocycles. The van der Waals surface area contributed by atoms with Crippen LogP contribution in [-0.4, -0.2) is 26.1 Å². The first-order chi connectivity index (χ1) is 8.57. The molecule has 0 heterocycles. The lowest BCUT2D eigenvalue weighted by Crippen LogP contribution is -2.37. The maximum atomic E-state index is 12.2. The fourth-order valence-corrected chi connectivity index (χ4v) is 5.77. The van der Waals surface area contributed by atoms with E-state index in [9.17, 15) is 4.79 Å². The predicted molar refractivity (Wildman–Crippen MR) is 98.7 cm³/mol. The molecular formula is C14H28INOS2. The van der Waals surface area contributed by atoms with Crippen LogP contribution in [0.1, 0.15) is 48.5 Å². The van der Waals surface area contributed by atoms with Gasteiger partial charge in [0.1, 0.15) is 0 Å². The minimum Gasteiger partial charge on any atom is -0.283 e. The van der Waals surface area contributed by atoms with Crippen LogP contribution in [0.5, 0.6) is 0 Å². The molecule has 2 nitrogen and oxygen atoms in total. The standard InChI is InChI=1S/C14H28INOS2/c1-10(2)8-18-19-14(6,7)9-16(15)13(17)12(5)11(3)4/h10-12H,8-9H2,1-7H3. The lowest BCUT2D eigenvalue weighted by molar-refractivity contribution is -0.130. The number of halogens is 1. The van der Waals surface area contributed by atoms with E-state index in [2.05, 4.69) is 64.4 Å². The summed E-state index contributed by atoms with van der Waals surface area (Å²) >= 11 is 2.17. The van der Waals surface area contributed by atoms with Crippen LogP contribution >= 0.6 is 44.5 Å². The maximum absolute atomic E-state index is 12.2. The highest BCUT2D eigenvalue weighted by atomic mass is 127. The van der Waals surface area contributed by atoms with Gasteiger partial charge in [-0.3, -0.25) is 7.91 Å². The highest BCUT2D eigenvalue weighted by Crippen LogP contribution is 2.38. The average Bonchev–Trinajstić information content (AvgIpc) is 2.25. The molecule has 0 aromatic heterocycles. The van der Waals surface area contributed by atoms with Crippen molar-refractivity contribution in [2.45, 2.75) is 53.2 Å². The van der Waals surface area contributed by atoms with Crippen molar-refractivity contribution in [3.63, 3.8) is 0 Å². The van der Waals surface area contributed by atoms with E-state index in [1.165, 1.54) is 0 Å². The molecule has 0 fully saturated rings. The van der Waals surface area contributed by atoms with Crippen LogP contribution in [0.15, 0.2) is 0 Å². The molecule has 0 rings (SSSR count). The van der Waals surface area contributed by atoms with Crippen molar-refractivity contribution >= 4 is 50.4 Å². The van der Waals surface area contributed by atoms with Crippen molar-refractivity contribution < 1.29 is 4.79 Å². The zero-order valence-corrected chi connectivity index (χ0v) is 17.0. The van der Waals surface area contributed by atoms with E-state index in [1.54, 1.807) is 0 Å². The SMILES string of the molecule is CC(C)CSSC(C)(C)CN(I)C(=O)C(C)C(C)C. The van der Waals surface area contributed by atoms with E-state index in [1.807, 2.05) is 31.6 Å². The Kier molecular flexibility index (Phi) is 9.46. The van der Waals surface area contributed by atoms with E-state index in [-0.39, 0.29) is 16.6 Å². The normalized spacial score (nSPS) is 14.0. The van der Waals surface area contributed by atoms with Gasteiger partial charge in [-0.1, -0.05) is 56.2 Å². The molecule has 1 unspecified atom stereocenters. The van der Waals surface area contributed by atoms with Gasteiger partial charge in [0.05, 0.1) is 22.9 Å². The Hall–Kier alpha value is 0.900. The molecule has 19 heavy (non-hydrogen) atoms. The molecule has 0 aromatic rings. The van der Waals surface area contributed by atoms with Crippen LogP contribution < -0.4 is 0 Å². The summed E-state index contributed by atoms with van der Waals surface area (Å²) in [6.07, 6.45) is 0. The van der Waals surface area contributed by atoms with Gasteiger partial charge in [0, 0.05) is 23.0 Å². The molecule has 1 atom stereocenters. The summed E-state index contributed by atoms with van der Waals surface area (Å²) in [6, 6.07) is 0. The first kappa shape index (κ1) is 19.9. The second kappa shape index (κ2) is 9.03. The van der Waals surface area contributed by atoms with E-state index in [0.717, 1.165) is 12.3 Å². The molecule has 0 saturated carbocycles. The van der Waals surface area contributed by atoms with Gasteiger partial charge in [-0.25, -0.2) is 0 Å². The molecule has 0 N–H and O–H groups in total. The molecule has 0 aliphatic rings. The monoisotopic (exact) mass is 417 g/mol. The Morgan fingerprint density at radius 1 is 1.21 bits per heavy atom. The lowest BCUT2D eigenvalue weighted by Gasteiger charge is -2.30. The number of carbonyl (C=O) groups is 1. The summed E-state index contributed by atoms with van der Waals surface area (Å²) in [5.74, 6) is 2.62. The molecule has 0 aliphatic heterocycles. The van der Waals surface area contributed by atoms with E-state index < -0.39 is 0 Å². The van der Waals surface area contributed by atoms with Crippen LogP contribution in [0.3, 0.4) is 0 Å². The molecule has 0 aromatic carbocycles. The Morgan fingerprint density at radius 2 is 1.74 bits per heavy atom. The van der Waals surface area contributed by atoms with Crippen molar-refractivity contribution in [2.75, 3.05) is 12.3 Å². The maximum Gasteiger partial charge on any atom is 0.234 e. The topological polar surface area (TPSA) is 20.3 Å². The zero-order valence-electron chi connectivity index (χ0n) is 13.2. The minimum absolute atomic E-state index is 0.0904. The first-order valence-electron chi connectivity index (χ1n) is 6.84. The largest absolute Gasteiger partial charge is 0.283 e. The van der Waals surface area contributed by atoms with E-state index >= 15 is 0 Å². The molecule has 0 radical (unpaired) electrons. The molecule has 5 heteroatoms. The van der Waals surface area contributed by atoms with Crippen LogP contribution in [0.25, 0.3) is 0 Å². The van der Waals surface area contributed by atoms with Crippen LogP contribution in [-0.2, 0) is 4.79 Å². The second-order valence-electron chi connectivity index (χ2n) is 6.41. The number of rotatable bonds is 8. The van der Waals surface area contributed by atoms with Gasteiger partial charge in [-0.2, -0.15) is 0 Å². The van der Waals surface area contributed by atoms with E-state index in [0.29, 0.717) is 11.8 Å². The van der Waals surface area contributed by atoms with Gasteiger partial charge in [-0.15, -0.1) is 0 Å². The quantitative estimate of drug-likeness (QED) is 0.305. The third-order valence-electron chi connectivity index (χ3n) is 2.83. The van der Waals surface area contributed by atoms with Crippen molar-refractivity contribution in [3.05, 3.63) is 0 Å². The number of carbonyl (C=O) groups excluding carboxylic acids is 1. The molecule has 0 bridgehead atoms. The Morgan fingerprint density at radius 3 is 2.16 bits per heavy atom. The van der Waals surface area contributed by atoms with Crippen LogP contribution in [0, 0.1) is 17.8 Å². The van der Waals surface area contributed by atoms with Crippen molar-refractivity contribution in [3.8, 4) is 0 Å². The molecule has 0 saturated heterocycles. The lowest BCUT2D eigenvalue weighted by atomic mass is 9.97. The summed E-state index contributed by atoms with van der Waals surface area (Å²) in [4.78, 5) is 12.2. The van der Waals surface area contributed by atoms with Gasteiger partial charge >= 0.3 is 0 Å². The zero-order chi connectivity index (χ0) is 15.2. The summed E-state index contributed by atoms with van der Waals surface area (Å²) in [5, 5.41) is 0. The van der Waals surface area contributed by atoms with Gasteiger partial charge in [-0.05, 0) is 25.7 Å². The van der Waals surface area contributed by atoms with Gasteiger partial charge in [0.25, 0.3) is 0 Å². The highest BCUT2D eigenvalue weighted by Gasteiger charge is 2.28.